The number of nitrogens with zero attached hydrogens (tertiary/aromatic N) is 3. The Hall–Kier alpha value is -7.92. The van der Waals surface area contributed by atoms with Gasteiger partial charge in [-0.05, 0) is 81.4 Å². The molecule has 0 saturated heterocycles. The molecule has 0 N–H and O–H groups in total. The summed E-state index contributed by atoms with van der Waals surface area (Å²) in [5.74, 6) is 0. The Morgan fingerprint density at radius 1 is 0.355 bits per heavy atom. The van der Waals surface area contributed by atoms with Crippen molar-refractivity contribution < 1.29 is 0 Å². The second-order valence-corrected chi connectivity index (χ2v) is 16.8. The van der Waals surface area contributed by atoms with Gasteiger partial charge in [-0.1, -0.05) is 176 Å². The molecule has 0 unspecified atom stereocenters. The molecule has 0 amide bonds. The lowest BCUT2D eigenvalue weighted by Gasteiger charge is -2.28. The molecule has 0 spiro atoms. The molecular weight excluding hydrogens is 771 g/mol. The molecule has 0 radical (unpaired) electrons. The Bertz CT molecular complexity index is 3640. The molecule has 12 rings (SSSR count). The van der Waals surface area contributed by atoms with E-state index in [-0.39, 0.29) is 0 Å². The first-order chi connectivity index (χ1) is 30.7. The van der Waals surface area contributed by atoms with E-state index in [1.54, 1.807) is 0 Å². The molecule has 0 aliphatic heterocycles. The van der Waals surface area contributed by atoms with Crippen LogP contribution in [0.5, 0.6) is 0 Å². The minimum Gasteiger partial charge on any atom is -0.310 e. The van der Waals surface area contributed by atoms with Crippen LogP contribution >= 0.6 is 11.3 Å². The molecule has 0 saturated carbocycles. The minimum absolute atomic E-state index is 0.865. The van der Waals surface area contributed by atoms with Crippen LogP contribution in [0, 0.1) is 0 Å². The predicted molar refractivity (Wildman–Crippen MR) is 264 cm³/mol. The fraction of sp³-hybridized carbons (Fsp3) is 0. The van der Waals surface area contributed by atoms with Crippen molar-refractivity contribution in [2.45, 2.75) is 0 Å². The van der Waals surface area contributed by atoms with E-state index in [1.807, 2.05) is 23.5 Å². The highest BCUT2D eigenvalue weighted by Gasteiger charge is 2.21. The van der Waals surface area contributed by atoms with Crippen LogP contribution in [-0.4, -0.2) is 9.97 Å². The molecule has 62 heavy (non-hydrogen) atoms. The van der Waals surface area contributed by atoms with Gasteiger partial charge in [0.25, 0.3) is 0 Å². The van der Waals surface area contributed by atoms with E-state index < -0.39 is 0 Å². The van der Waals surface area contributed by atoms with Gasteiger partial charge in [0.05, 0.1) is 28.1 Å². The predicted octanol–water partition coefficient (Wildman–Crippen LogP) is 16.4. The number of benzene rings is 10. The number of para-hydroxylation sites is 1. The van der Waals surface area contributed by atoms with Crippen molar-refractivity contribution >= 4 is 81.1 Å². The maximum absolute atomic E-state index is 5.56. The number of hydrogen-bond acceptors (Lipinski definition) is 4. The maximum Gasteiger partial charge on any atom is 0.0979 e. The topological polar surface area (TPSA) is 29.0 Å². The van der Waals surface area contributed by atoms with Gasteiger partial charge in [-0.3, -0.25) is 0 Å². The van der Waals surface area contributed by atoms with Gasteiger partial charge in [0.1, 0.15) is 0 Å². The normalized spacial score (nSPS) is 11.5. The zero-order valence-corrected chi connectivity index (χ0v) is 34.4. The zero-order valence-electron chi connectivity index (χ0n) is 33.6. The third kappa shape index (κ3) is 6.20. The standard InChI is InChI=1S/C58H37N3S/c1-4-15-38(16-5-1)43-21-14-22-44(35-43)47-23-10-12-25-52(47)61(46-32-33-49-48-24-11-13-26-53(48)62-54(49)37-46)45-31-29-39-27-28-40-30-34-51-58(55(40)50(39)36-45)60-57(42-19-8-3-9-20-42)56(59-51)41-17-6-2-7-18-41/h1-37H. The first-order valence-corrected chi connectivity index (χ1v) is 21.8. The van der Waals surface area contributed by atoms with Crippen LogP contribution in [0.2, 0.25) is 0 Å². The Balaban J connectivity index is 1.11. The van der Waals surface area contributed by atoms with Gasteiger partial charge in [0.2, 0.25) is 0 Å². The fourth-order valence-corrected chi connectivity index (χ4v) is 10.2. The first-order valence-electron chi connectivity index (χ1n) is 21.0. The first kappa shape index (κ1) is 36.0. The van der Waals surface area contributed by atoms with Crippen molar-refractivity contribution in [3.8, 4) is 44.8 Å². The Kier molecular flexibility index (Phi) is 8.68. The molecule has 0 bridgehead atoms. The molecular formula is C58H37N3S. The summed E-state index contributed by atoms with van der Waals surface area (Å²) in [6.45, 7) is 0. The van der Waals surface area contributed by atoms with Crippen molar-refractivity contribution in [3.05, 3.63) is 224 Å². The van der Waals surface area contributed by atoms with E-state index in [4.69, 9.17) is 9.97 Å². The Labute approximate surface area is 363 Å². The second kappa shape index (κ2) is 15.0. The highest BCUT2D eigenvalue weighted by molar-refractivity contribution is 7.25. The molecule has 4 heteroatoms. The summed E-state index contributed by atoms with van der Waals surface area (Å²) < 4.78 is 2.55. The van der Waals surface area contributed by atoms with E-state index in [9.17, 15) is 0 Å². The number of hydrogen-bond donors (Lipinski definition) is 0. The summed E-state index contributed by atoms with van der Waals surface area (Å²) >= 11 is 1.85. The molecule has 2 aromatic heterocycles. The third-order valence-electron chi connectivity index (χ3n) is 12.0. The molecule has 0 fully saturated rings. The van der Waals surface area contributed by atoms with Crippen LogP contribution in [0.3, 0.4) is 0 Å². The SMILES string of the molecule is c1ccc(-c2cccc(-c3ccccc3N(c3ccc4c(c3)sc3ccccc34)c3ccc4ccc5ccc6nc(-c7ccccc7)c(-c7ccccc7)nc6c5c4c3)c2)cc1. The lowest BCUT2D eigenvalue weighted by molar-refractivity contribution is 1.29. The summed E-state index contributed by atoms with van der Waals surface area (Å²) in [6, 6.07) is 80.5. The quantitative estimate of drug-likeness (QED) is 0.150. The van der Waals surface area contributed by atoms with E-state index in [0.717, 1.165) is 83.3 Å². The van der Waals surface area contributed by atoms with E-state index >= 15 is 0 Å². The largest absolute Gasteiger partial charge is 0.310 e. The van der Waals surface area contributed by atoms with Crippen molar-refractivity contribution in [3.63, 3.8) is 0 Å². The highest BCUT2D eigenvalue weighted by atomic mass is 32.1. The second-order valence-electron chi connectivity index (χ2n) is 15.7. The zero-order chi connectivity index (χ0) is 41.0. The van der Waals surface area contributed by atoms with Crippen LogP contribution < -0.4 is 4.90 Å². The van der Waals surface area contributed by atoms with Crippen LogP contribution in [-0.2, 0) is 0 Å². The summed E-state index contributed by atoms with van der Waals surface area (Å²) in [5, 5.41) is 7.06. The van der Waals surface area contributed by atoms with Gasteiger partial charge in [-0.25, -0.2) is 9.97 Å². The smallest absolute Gasteiger partial charge is 0.0979 e. The summed E-state index contributed by atoms with van der Waals surface area (Å²) in [4.78, 5) is 13.4. The van der Waals surface area contributed by atoms with Gasteiger partial charge in [0.15, 0.2) is 0 Å². The average molecular weight is 808 g/mol. The van der Waals surface area contributed by atoms with Crippen LogP contribution in [0.25, 0.3) is 97.5 Å². The number of thiophene rings is 1. The lowest BCUT2D eigenvalue weighted by Crippen LogP contribution is -2.11. The molecule has 3 nitrogen and oxygen atoms in total. The van der Waals surface area contributed by atoms with Crippen LogP contribution in [0.1, 0.15) is 0 Å². The van der Waals surface area contributed by atoms with Gasteiger partial charge in [-0.15, -0.1) is 11.3 Å². The summed E-state index contributed by atoms with van der Waals surface area (Å²) in [7, 11) is 0. The Morgan fingerprint density at radius 3 is 1.74 bits per heavy atom. The molecule has 0 aliphatic carbocycles. The number of rotatable bonds is 7. The highest BCUT2D eigenvalue weighted by Crippen LogP contribution is 2.46. The van der Waals surface area contributed by atoms with Gasteiger partial charge in [0, 0.05) is 53.6 Å². The number of anilines is 3. The lowest BCUT2D eigenvalue weighted by atomic mass is 9.96. The van der Waals surface area contributed by atoms with Gasteiger partial charge in [-0.2, -0.15) is 0 Å². The van der Waals surface area contributed by atoms with Crippen LogP contribution in [0.4, 0.5) is 17.1 Å². The van der Waals surface area contributed by atoms with Crippen molar-refractivity contribution in [2.75, 3.05) is 4.90 Å². The maximum atomic E-state index is 5.56. The molecule has 10 aromatic carbocycles. The molecule has 12 aromatic rings. The number of fused-ring (bicyclic) bond motifs is 8. The molecule has 2 heterocycles. The van der Waals surface area contributed by atoms with Crippen molar-refractivity contribution in [2.24, 2.45) is 0 Å². The average Bonchev–Trinajstić information content (AvgIpc) is 3.72. The van der Waals surface area contributed by atoms with Gasteiger partial charge >= 0.3 is 0 Å². The minimum atomic E-state index is 0.865. The molecule has 0 atom stereocenters. The van der Waals surface area contributed by atoms with Crippen molar-refractivity contribution in [1.82, 2.24) is 9.97 Å². The van der Waals surface area contributed by atoms with Crippen molar-refractivity contribution in [1.29, 1.82) is 0 Å². The van der Waals surface area contributed by atoms with E-state index in [1.165, 1.54) is 31.3 Å². The monoisotopic (exact) mass is 807 g/mol. The van der Waals surface area contributed by atoms with Gasteiger partial charge < -0.3 is 4.90 Å². The van der Waals surface area contributed by atoms with E-state index in [2.05, 4.69) is 217 Å². The fourth-order valence-electron chi connectivity index (χ4n) is 9.07. The summed E-state index contributed by atoms with van der Waals surface area (Å²) in [6.07, 6.45) is 0. The molecule has 0 aliphatic rings. The van der Waals surface area contributed by atoms with E-state index in [0.29, 0.717) is 0 Å². The Morgan fingerprint density at radius 2 is 0.935 bits per heavy atom. The third-order valence-corrected chi connectivity index (χ3v) is 13.2. The summed E-state index contributed by atoms with van der Waals surface area (Å²) in [5.41, 5.74) is 13.5. The van der Waals surface area contributed by atoms with Crippen LogP contribution in [0.15, 0.2) is 224 Å². The number of aromatic nitrogens is 2. The molecule has 290 valence electrons.